The number of thiophene rings is 1. The molecule has 3 aromatic rings. The van der Waals surface area contributed by atoms with Gasteiger partial charge in [-0.15, -0.1) is 11.3 Å². The number of benzene rings is 1. The highest BCUT2D eigenvalue weighted by atomic mass is 32.2. The minimum absolute atomic E-state index is 0.0601. The Morgan fingerprint density at radius 2 is 1.69 bits per heavy atom. The summed E-state index contributed by atoms with van der Waals surface area (Å²) in [6, 6.07) is 14.2. The zero-order valence-electron chi connectivity index (χ0n) is 17.6. The van der Waals surface area contributed by atoms with E-state index in [9.17, 15) is 18.0 Å². The van der Waals surface area contributed by atoms with Gasteiger partial charge >= 0.3 is 0 Å². The van der Waals surface area contributed by atoms with Gasteiger partial charge in [-0.25, -0.2) is 8.42 Å². The first-order valence-corrected chi connectivity index (χ1v) is 12.9. The summed E-state index contributed by atoms with van der Waals surface area (Å²) < 4.78 is 29.1. The fourth-order valence-corrected chi connectivity index (χ4v) is 6.56. The fourth-order valence-electron chi connectivity index (χ4n) is 3.72. The molecule has 1 aromatic carbocycles. The molecule has 9 heteroatoms. The molecule has 1 saturated heterocycles. The molecule has 0 radical (unpaired) electrons. The van der Waals surface area contributed by atoms with Crippen LogP contribution in [0.2, 0.25) is 0 Å². The van der Waals surface area contributed by atoms with Crippen molar-refractivity contribution in [2.24, 2.45) is 0 Å². The highest BCUT2D eigenvalue weighted by molar-refractivity contribution is 7.89. The third-order valence-corrected chi connectivity index (χ3v) is 8.48. The Morgan fingerprint density at radius 3 is 2.41 bits per heavy atom. The van der Waals surface area contributed by atoms with Crippen molar-refractivity contribution in [1.29, 1.82) is 0 Å². The predicted molar refractivity (Wildman–Crippen MR) is 124 cm³/mol. The van der Waals surface area contributed by atoms with Crippen LogP contribution in [0, 0.1) is 0 Å². The molecular formula is C23H25N3O4S2. The molecule has 1 aliphatic heterocycles. The van der Waals surface area contributed by atoms with Crippen LogP contribution < -0.4 is 10.9 Å². The Hall–Kier alpha value is -2.75. The van der Waals surface area contributed by atoms with Crippen LogP contribution in [0.1, 0.15) is 40.1 Å². The van der Waals surface area contributed by atoms with Crippen LogP contribution in [-0.2, 0) is 23.1 Å². The van der Waals surface area contributed by atoms with Gasteiger partial charge in [-0.2, -0.15) is 4.31 Å². The zero-order valence-corrected chi connectivity index (χ0v) is 19.2. The third-order valence-electron chi connectivity index (χ3n) is 5.50. The lowest BCUT2D eigenvalue weighted by Crippen LogP contribution is -2.36. The Kier molecular flexibility index (Phi) is 6.88. The average Bonchev–Trinajstić information content (AvgIpc) is 3.32. The summed E-state index contributed by atoms with van der Waals surface area (Å²) in [6.45, 7) is 1.76. The highest BCUT2D eigenvalue weighted by Gasteiger charge is 2.30. The number of carbonyl (C=O) groups is 1. The van der Waals surface area contributed by atoms with Gasteiger partial charge in [0, 0.05) is 31.9 Å². The van der Waals surface area contributed by atoms with E-state index < -0.39 is 15.9 Å². The minimum atomic E-state index is -3.66. The van der Waals surface area contributed by atoms with Crippen LogP contribution in [0.4, 0.5) is 0 Å². The molecule has 1 N–H and O–H groups in total. The van der Waals surface area contributed by atoms with Crippen LogP contribution in [0.5, 0.6) is 0 Å². The van der Waals surface area contributed by atoms with Gasteiger partial charge in [0.05, 0.1) is 6.54 Å². The smallest absolute Gasteiger partial charge is 0.263 e. The molecule has 0 bridgehead atoms. The quantitative estimate of drug-likeness (QED) is 0.574. The standard InChI is InChI=1S/C23H25N3O4S2/c27-21-6-2-5-12-25(21)17-19-9-7-18(8-10-19)16-24-23(28)22-20(11-15-31-22)32(29,30)26-13-3-1-4-14-26/h2,5-12,15H,1,3-4,13-14,16-17H2,(H,24,28). The van der Waals surface area contributed by atoms with Gasteiger partial charge in [-0.1, -0.05) is 36.8 Å². The fraction of sp³-hybridized carbons (Fsp3) is 0.304. The lowest BCUT2D eigenvalue weighted by atomic mass is 10.1. The van der Waals surface area contributed by atoms with Crippen molar-refractivity contribution in [2.75, 3.05) is 13.1 Å². The first-order chi connectivity index (χ1) is 15.4. The summed E-state index contributed by atoms with van der Waals surface area (Å²) in [5.41, 5.74) is 1.80. The van der Waals surface area contributed by atoms with Crippen molar-refractivity contribution in [3.05, 3.63) is 86.5 Å². The second-order valence-electron chi connectivity index (χ2n) is 7.74. The number of nitrogens with one attached hydrogen (secondary N) is 1. The number of aromatic nitrogens is 1. The van der Waals surface area contributed by atoms with Gasteiger partial charge in [-0.05, 0) is 41.5 Å². The van der Waals surface area contributed by atoms with E-state index in [-0.39, 0.29) is 21.9 Å². The first kappa shape index (κ1) is 22.4. The molecule has 2 aromatic heterocycles. The van der Waals surface area contributed by atoms with Gasteiger partial charge in [0.25, 0.3) is 11.5 Å². The van der Waals surface area contributed by atoms with Crippen LogP contribution in [-0.4, -0.2) is 36.3 Å². The van der Waals surface area contributed by atoms with E-state index in [4.69, 9.17) is 0 Å². The minimum Gasteiger partial charge on any atom is -0.347 e. The summed E-state index contributed by atoms with van der Waals surface area (Å²) in [7, 11) is -3.66. The number of amides is 1. The number of nitrogens with zero attached hydrogens (tertiary/aromatic N) is 2. The molecule has 4 rings (SSSR count). The van der Waals surface area contributed by atoms with E-state index in [1.54, 1.807) is 22.2 Å². The van der Waals surface area contributed by atoms with E-state index in [1.807, 2.05) is 30.3 Å². The van der Waals surface area contributed by atoms with E-state index in [0.29, 0.717) is 19.6 Å². The second-order valence-corrected chi connectivity index (χ2v) is 10.6. The van der Waals surface area contributed by atoms with Crippen molar-refractivity contribution in [3.8, 4) is 0 Å². The number of hydrogen-bond donors (Lipinski definition) is 1. The molecule has 0 unspecified atom stereocenters. The number of pyridine rings is 1. The second kappa shape index (κ2) is 9.81. The highest BCUT2D eigenvalue weighted by Crippen LogP contribution is 2.27. The van der Waals surface area contributed by atoms with Crippen LogP contribution in [0.15, 0.2) is 69.8 Å². The molecular weight excluding hydrogens is 446 g/mol. The SMILES string of the molecule is O=C(NCc1ccc(Cn2ccccc2=O)cc1)c1sccc1S(=O)(=O)N1CCCCC1. The van der Waals surface area contributed by atoms with Gasteiger partial charge in [-0.3, -0.25) is 9.59 Å². The first-order valence-electron chi connectivity index (χ1n) is 10.5. The number of hydrogen-bond acceptors (Lipinski definition) is 5. The van der Waals surface area contributed by atoms with Crippen LogP contribution >= 0.6 is 11.3 Å². The van der Waals surface area contributed by atoms with E-state index in [2.05, 4.69) is 5.32 Å². The molecule has 0 atom stereocenters. The molecule has 7 nitrogen and oxygen atoms in total. The molecule has 0 aliphatic carbocycles. The number of sulfonamides is 1. The van der Waals surface area contributed by atoms with E-state index in [0.717, 1.165) is 41.7 Å². The van der Waals surface area contributed by atoms with E-state index >= 15 is 0 Å². The van der Waals surface area contributed by atoms with Crippen molar-refractivity contribution in [1.82, 2.24) is 14.2 Å². The molecule has 1 amide bonds. The van der Waals surface area contributed by atoms with Crippen molar-refractivity contribution >= 4 is 27.3 Å². The maximum Gasteiger partial charge on any atom is 0.263 e. The van der Waals surface area contributed by atoms with Gasteiger partial charge in [0.15, 0.2) is 0 Å². The van der Waals surface area contributed by atoms with Gasteiger partial charge in [0.2, 0.25) is 10.0 Å². The number of piperidine rings is 1. The predicted octanol–water partition coefficient (Wildman–Crippen LogP) is 3.06. The monoisotopic (exact) mass is 471 g/mol. The van der Waals surface area contributed by atoms with Gasteiger partial charge < -0.3 is 9.88 Å². The Labute approximate surface area is 191 Å². The number of carbonyl (C=O) groups excluding carboxylic acids is 1. The molecule has 1 aliphatic rings. The largest absolute Gasteiger partial charge is 0.347 e. The maximum atomic E-state index is 13.0. The lowest BCUT2D eigenvalue weighted by Gasteiger charge is -2.25. The molecule has 0 spiro atoms. The van der Waals surface area contributed by atoms with Crippen molar-refractivity contribution in [3.63, 3.8) is 0 Å². The third kappa shape index (κ3) is 5.01. The van der Waals surface area contributed by atoms with Crippen LogP contribution in [0.25, 0.3) is 0 Å². The topological polar surface area (TPSA) is 88.5 Å². The summed E-state index contributed by atoms with van der Waals surface area (Å²) >= 11 is 1.14. The normalized spacial score (nSPS) is 14.9. The average molecular weight is 472 g/mol. The Balaban J connectivity index is 1.40. The van der Waals surface area contributed by atoms with Crippen molar-refractivity contribution < 1.29 is 13.2 Å². The molecule has 1 fully saturated rings. The summed E-state index contributed by atoms with van der Waals surface area (Å²) in [5.74, 6) is -0.393. The summed E-state index contributed by atoms with van der Waals surface area (Å²) in [4.78, 5) is 24.9. The number of rotatable bonds is 7. The summed E-state index contributed by atoms with van der Waals surface area (Å²) in [6.07, 6.45) is 4.47. The Morgan fingerprint density at radius 1 is 0.969 bits per heavy atom. The molecule has 168 valence electrons. The van der Waals surface area contributed by atoms with Crippen molar-refractivity contribution in [2.45, 2.75) is 37.2 Å². The van der Waals surface area contributed by atoms with E-state index in [1.165, 1.54) is 16.4 Å². The maximum absolute atomic E-state index is 13.0. The summed E-state index contributed by atoms with van der Waals surface area (Å²) in [5, 5.41) is 4.47. The van der Waals surface area contributed by atoms with Gasteiger partial charge in [0.1, 0.15) is 9.77 Å². The zero-order chi connectivity index (χ0) is 22.6. The Bertz CT molecular complexity index is 1240. The lowest BCUT2D eigenvalue weighted by molar-refractivity contribution is 0.0952. The molecule has 3 heterocycles. The molecule has 0 saturated carbocycles. The molecule has 32 heavy (non-hydrogen) atoms. The van der Waals surface area contributed by atoms with Crippen LogP contribution in [0.3, 0.4) is 0 Å².